The van der Waals surface area contributed by atoms with E-state index in [1.807, 2.05) is 0 Å². The predicted octanol–water partition coefficient (Wildman–Crippen LogP) is 1.40. The number of rotatable bonds is 4. The molecule has 0 saturated carbocycles. The van der Waals surface area contributed by atoms with Gasteiger partial charge in [0.05, 0.1) is 12.1 Å². The van der Waals surface area contributed by atoms with Crippen molar-refractivity contribution in [3.63, 3.8) is 0 Å². The third kappa shape index (κ3) is 2.75. The molecule has 5 N–H and O–H groups in total. The van der Waals surface area contributed by atoms with E-state index < -0.39 is 0 Å². The van der Waals surface area contributed by atoms with Crippen LogP contribution in [0.25, 0.3) is 0 Å². The number of hydrogen-bond acceptors (Lipinski definition) is 4. The van der Waals surface area contributed by atoms with Gasteiger partial charge in [-0.3, -0.25) is 0 Å². The maximum atomic E-state index is 9.51. The molecule has 0 heterocycles. The highest BCUT2D eigenvalue weighted by Gasteiger charge is 2.12. The molecule has 0 fully saturated rings. The molecule has 0 aliphatic heterocycles. The molecule has 1 atom stereocenters. The molecule has 0 amide bonds. The minimum absolute atomic E-state index is 0.0668. The molecule has 5 heteroatoms. The molecule has 84 valence electrons. The van der Waals surface area contributed by atoms with Crippen molar-refractivity contribution in [1.29, 1.82) is 0 Å². The average molecular weight is 231 g/mol. The van der Waals surface area contributed by atoms with Crippen LogP contribution in [0.2, 0.25) is 5.02 Å². The number of aromatic hydroxyl groups is 1. The number of ether oxygens (including phenoxy) is 1. The zero-order valence-corrected chi connectivity index (χ0v) is 9.29. The van der Waals surface area contributed by atoms with Crippen LogP contribution in [-0.2, 0) is 0 Å². The van der Waals surface area contributed by atoms with Gasteiger partial charge in [0.2, 0.25) is 0 Å². The van der Waals surface area contributed by atoms with Crippen molar-refractivity contribution in [2.45, 2.75) is 12.5 Å². The Morgan fingerprint density at radius 3 is 2.73 bits per heavy atom. The van der Waals surface area contributed by atoms with Crippen molar-refractivity contribution in [3.8, 4) is 11.5 Å². The summed E-state index contributed by atoms with van der Waals surface area (Å²) in [6.45, 7) is 0.502. The van der Waals surface area contributed by atoms with Crippen LogP contribution in [0, 0.1) is 0 Å². The number of phenols is 1. The maximum Gasteiger partial charge on any atom is 0.176 e. The zero-order chi connectivity index (χ0) is 11.4. The van der Waals surface area contributed by atoms with Crippen LogP contribution in [0.15, 0.2) is 12.1 Å². The van der Waals surface area contributed by atoms with E-state index in [9.17, 15) is 5.11 Å². The average Bonchev–Trinajstić information content (AvgIpc) is 2.22. The molecule has 0 unspecified atom stereocenters. The van der Waals surface area contributed by atoms with Gasteiger partial charge in [0, 0.05) is 6.04 Å². The molecular formula is C10H15ClN2O2. The van der Waals surface area contributed by atoms with Crippen LogP contribution >= 0.6 is 11.6 Å². The Morgan fingerprint density at radius 2 is 2.20 bits per heavy atom. The van der Waals surface area contributed by atoms with Gasteiger partial charge < -0.3 is 21.3 Å². The molecule has 4 nitrogen and oxygen atoms in total. The fourth-order valence-corrected chi connectivity index (χ4v) is 1.53. The van der Waals surface area contributed by atoms with E-state index in [4.69, 9.17) is 27.8 Å². The Bertz CT molecular complexity index is 344. The van der Waals surface area contributed by atoms with Crippen LogP contribution in [0.4, 0.5) is 0 Å². The van der Waals surface area contributed by atoms with Crippen molar-refractivity contribution >= 4 is 11.6 Å². The van der Waals surface area contributed by atoms with E-state index >= 15 is 0 Å². The summed E-state index contributed by atoms with van der Waals surface area (Å²) in [5.74, 6) is 0.257. The highest BCUT2D eigenvalue weighted by Crippen LogP contribution is 2.36. The second kappa shape index (κ2) is 5.21. The summed E-state index contributed by atoms with van der Waals surface area (Å²) in [4.78, 5) is 0. The first-order valence-corrected chi connectivity index (χ1v) is 5.00. The molecule has 0 saturated heterocycles. The largest absolute Gasteiger partial charge is 0.503 e. The van der Waals surface area contributed by atoms with E-state index in [1.165, 1.54) is 7.11 Å². The highest BCUT2D eigenvalue weighted by molar-refractivity contribution is 6.32. The summed E-state index contributed by atoms with van der Waals surface area (Å²) >= 11 is 5.83. The van der Waals surface area contributed by atoms with Gasteiger partial charge in [0.1, 0.15) is 0 Å². The van der Waals surface area contributed by atoms with Gasteiger partial charge in [0.25, 0.3) is 0 Å². The van der Waals surface area contributed by atoms with Crippen molar-refractivity contribution in [1.82, 2.24) is 0 Å². The van der Waals surface area contributed by atoms with Gasteiger partial charge in [-0.05, 0) is 30.7 Å². The highest BCUT2D eigenvalue weighted by atomic mass is 35.5. The van der Waals surface area contributed by atoms with Crippen molar-refractivity contribution in [2.75, 3.05) is 13.7 Å². The number of nitrogens with two attached hydrogens (primary N) is 2. The molecule has 0 spiro atoms. The molecule has 1 aromatic carbocycles. The van der Waals surface area contributed by atoms with Crippen LogP contribution in [0.1, 0.15) is 18.0 Å². The Labute approximate surface area is 93.8 Å². The van der Waals surface area contributed by atoms with E-state index in [1.54, 1.807) is 12.1 Å². The third-order valence-electron chi connectivity index (χ3n) is 2.18. The second-order valence-corrected chi connectivity index (χ2v) is 3.64. The summed E-state index contributed by atoms with van der Waals surface area (Å²) in [5.41, 5.74) is 12.1. The number of methoxy groups -OCH3 is 1. The Kier molecular flexibility index (Phi) is 4.20. The van der Waals surface area contributed by atoms with E-state index in [0.717, 1.165) is 5.56 Å². The van der Waals surface area contributed by atoms with E-state index in [-0.39, 0.29) is 16.8 Å². The molecule has 0 aromatic heterocycles. The first-order chi connectivity index (χ1) is 7.10. The number of hydrogen-bond donors (Lipinski definition) is 3. The maximum absolute atomic E-state index is 9.51. The van der Waals surface area contributed by atoms with Crippen LogP contribution in [0.3, 0.4) is 0 Å². The smallest absolute Gasteiger partial charge is 0.176 e. The topological polar surface area (TPSA) is 81.5 Å². The minimum atomic E-state index is -0.193. The van der Waals surface area contributed by atoms with Crippen LogP contribution in [0.5, 0.6) is 11.5 Å². The summed E-state index contributed by atoms with van der Waals surface area (Å²) in [7, 11) is 1.46. The van der Waals surface area contributed by atoms with Crippen molar-refractivity contribution in [3.05, 3.63) is 22.7 Å². The lowest BCUT2D eigenvalue weighted by Crippen LogP contribution is -2.15. The SMILES string of the molecule is COc1cc([C@@H](N)CCN)cc(Cl)c1O. The van der Waals surface area contributed by atoms with Crippen LogP contribution in [-0.4, -0.2) is 18.8 Å². The first-order valence-electron chi connectivity index (χ1n) is 4.62. The van der Waals surface area contributed by atoms with Gasteiger partial charge in [-0.2, -0.15) is 0 Å². The van der Waals surface area contributed by atoms with E-state index in [2.05, 4.69) is 0 Å². The Morgan fingerprint density at radius 1 is 1.53 bits per heavy atom. The fourth-order valence-electron chi connectivity index (χ4n) is 1.31. The standard InChI is InChI=1S/C10H15ClN2O2/c1-15-9-5-6(8(13)2-3-12)4-7(11)10(9)14/h4-5,8,14H,2-3,12-13H2,1H3/t8-/m0/s1. The number of halogens is 1. The van der Waals surface area contributed by atoms with Gasteiger partial charge in [0.15, 0.2) is 11.5 Å². The first kappa shape index (κ1) is 12.1. The third-order valence-corrected chi connectivity index (χ3v) is 2.46. The Hall–Kier alpha value is -0.970. The molecule has 0 radical (unpaired) electrons. The van der Waals surface area contributed by atoms with Gasteiger partial charge in [-0.15, -0.1) is 0 Å². The fraction of sp³-hybridized carbons (Fsp3) is 0.400. The number of phenolic OH excluding ortho intramolecular Hbond substituents is 1. The lowest BCUT2D eigenvalue weighted by atomic mass is 10.0. The zero-order valence-electron chi connectivity index (χ0n) is 8.53. The monoisotopic (exact) mass is 230 g/mol. The second-order valence-electron chi connectivity index (χ2n) is 3.24. The molecule has 0 aliphatic rings. The quantitative estimate of drug-likeness (QED) is 0.731. The predicted molar refractivity (Wildman–Crippen MR) is 60.3 cm³/mol. The molecular weight excluding hydrogens is 216 g/mol. The molecule has 0 bridgehead atoms. The van der Waals surface area contributed by atoms with Gasteiger partial charge in [-0.25, -0.2) is 0 Å². The summed E-state index contributed by atoms with van der Waals surface area (Å²) in [5, 5.41) is 9.74. The van der Waals surface area contributed by atoms with Gasteiger partial charge >= 0.3 is 0 Å². The Balaban J connectivity index is 3.05. The van der Waals surface area contributed by atoms with Crippen molar-refractivity contribution in [2.24, 2.45) is 11.5 Å². The summed E-state index contributed by atoms with van der Waals surface area (Å²) < 4.78 is 4.97. The van der Waals surface area contributed by atoms with Gasteiger partial charge in [-0.1, -0.05) is 11.6 Å². The summed E-state index contributed by atoms with van der Waals surface area (Å²) in [6.07, 6.45) is 0.657. The molecule has 15 heavy (non-hydrogen) atoms. The molecule has 1 rings (SSSR count). The lowest BCUT2D eigenvalue weighted by molar-refractivity contribution is 0.372. The number of benzene rings is 1. The molecule has 0 aliphatic carbocycles. The lowest BCUT2D eigenvalue weighted by Gasteiger charge is -2.13. The normalized spacial score (nSPS) is 12.5. The van der Waals surface area contributed by atoms with Crippen molar-refractivity contribution < 1.29 is 9.84 Å². The van der Waals surface area contributed by atoms with Crippen LogP contribution < -0.4 is 16.2 Å². The molecule has 1 aromatic rings. The van der Waals surface area contributed by atoms with E-state index in [0.29, 0.717) is 18.7 Å². The minimum Gasteiger partial charge on any atom is -0.503 e. The summed E-state index contributed by atoms with van der Waals surface area (Å²) in [6, 6.07) is 3.10.